The number of carbonyl (C=O) groups is 2. The molecule has 7 aliphatic rings. The van der Waals surface area contributed by atoms with Crippen molar-refractivity contribution in [3.05, 3.63) is 0 Å². The fourth-order valence-electron chi connectivity index (χ4n) is 10.3. The molecule has 28 heavy (non-hydrogen) atoms. The Labute approximate surface area is 166 Å². The maximum Gasteiger partial charge on any atom is 0.306 e. The van der Waals surface area contributed by atoms with Crippen LogP contribution < -0.4 is 0 Å². The Balaban J connectivity index is 1.32. The summed E-state index contributed by atoms with van der Waals surface area (Å²) in [5.41, 5.74) is -0.943. The van der Waals surface area contributed by atoms with Gasteiger partial charge in [0.15, 0.2) is 0 Å². The summed E-state index contributed by atoms with van der Waals surface area (Å²) in [4.78, 5) is 24.4. The van der Waals surface area contributed by atoms with Crippen molar-refractivity contribution < 1.29 is 19.4 Å². The quantitative estimate of drug-likeness (QED) is 0.649. The van der Waals surface area contributed by atoms with Crippen LogP contribution in [0, 0.1) is 52.3 Å². The molecule has 6 saturated carbocycles. The van der Waals surface area contributed by atoms with Crippen LogP contribution in [0.25, 0.3) is 0 Å². The molecule has 0 bridgehead atoms. The summed E-state index contributed by atoms with van der Waals surface area (Å²) < 4.78 is 6.20. The molecule has 1 saturated heterocycles. The van der Waals surface area contributed by atoms with Crippen LogP contribution in [0.15, 0.2) is 0 Å². The molecule has 152 valence electrons. The third kappa shape index (κ3) is 1.55. The van der Waals surface area contributed by atoms with Crippen LogP contribution in [0.2, 0.25) is 0 Å². The molecule has 7 fully saturated rings. The Morgan fingerprint density at radius 3 is 2.46 bits per heavy atom. The van der Waals surface area contributed by atoms with E-state index >= 15 is 0 Å². The number of aliphatic hydroxyl groups is 1. The third-order valence-electron chi connectivity index (χ3n) is 11.6. The molecule has 1 spiro atoms. The number of rotatable bonds is 0. The molecule has 1 heterocycles. The first-order chi connectivity index (χ1) is 13.3. The smallest absolute Gasteiger partial charge is 0.306 e. The summed E-state index contributed by atoms with van der Waals surface area (Å²) in [6.45, 7) is 4.77. The van der Waals surface area contributed by atoms with Crippen molar-refractivity contribution in [3.63, 3.8) is 0 Å². The van der Waals surface area contributed by atoms with E-state index in [1.807, 2.05) is 0 Å². The fourth-order valence-corrected chi connectivity index (χ4v) is 10.3. The molecule has 0 aromatic rings. The SMILES string of the molecule is C[C@]12CCC3C(C1C1C[C@@H]1[C@@]21CCC(=O)O1)[C@H]1C[C@H]1[C@]1(O)CC(=O)CC[C@]31C. The molecular weight excluding hydrogens is 352 g/mol. The summed E-state index contributed by atoms with van der Waals surface area (Å²) in [6, 6.07) is 0. The summed E-state index contributed by atoms with van der Waals surface area (Å²) in [5.74, 6) is 4.36. The normalized spacial score (nSPS) is 65.8. The molecule has 1 aliphatic heterocycles. The lowest BCUT2D eigenvalue weighted by molar-refractivity contribution is -0.223. The largest absolute Gasteiger partial charge is 0.458 e. The van der Waals surface area contributed by atoms with Crippen molar-refractivity contribution in [1.29, 1.82) is 0 Å². The topological polar surface area (TPSA) is 63.6 Å². The molecule has 6 aliphatic carbocycles. The first-order valence-electron chi connectivity index (χ1n) is 11.7. The van der Waals surface area contributed by atoms with Crippen LogP contribution in [0.5, 0.6) is 0 Å². The predicted octanol–water partition coefficient (Wildman–Crippen LogP) is 3.50. The van der Waals surface area contributed by atoms with Crippen LogP contribution >= 0.6 is 0 Å². The van der Waals surface area contributed by atoms with Gasteiger partial charge in [-0.2, -0.15) is 0 Å². The Bertz CT molecular complexity index is 821. The first-order valence-corrected chi connectivity index (χ1v) is 11.7. The van der Waals surface area contributed by atoms with Gasteiger partial charge >= 0.3 is 5.97 Å². The van der Waals surface area contributed by atoms with Gasteiger partial charge in [0.25, 0.3) is 0 Å². The van der Waals surface area contributed by atoms with Gasteiger partial charge in [0.2, 0.25) is 0 Å². The van der Waals surface area contributed by atoms with Gasteiger partial charge in [-0.15, -0.1) is 0 Å². The van der Waals surface area contributed by atoms with Gasteiger partial charge in [0.05, 0.1) is 5.60 Å². The maximum atomic E-state index is 12.3. The lowest BCUT2D eigenvalue weighted by Gasteiger charge is -2.64. The average Bonchev–Trinajstić information content (AvgIpc) is 3.54. The van der Waals surface area contributed by atoms with Crippen LogP contribution in [0.4, 0.5) is 0 Å². The van der Waals surface area contributed by atoms with Crippen LogP contribution in [-0.2, 0) is 14.3 Å². The van der Waals surface area contributed by atoms with E-state index in [0.29, 0.717) is 54.8 Å². The van der Waals surface area contributed by atoms with Crippen molar-refractivity contribution in [1.82, 2.24) is 0 Å². The number of esters is 1. The fraction of sp³-hybridized carbons (Fsp3) is 0.917. The molecule has 0 radical (unpaired) electrons. The zero-order chi connectivity index (χ0) is 19.3. The van der Waals surface area contributed by atoms with Gasteiger partial charge < -0.3 is 9.84 Å². The van der Waals surface area contributed by atoms with Gasteiger partial charge in [-0.3, -0.25) is 9.59 Å². The summed E-state index contributed by atoms with van der Waals surface area (Å²) in [7, 11) is 0. The summed E-state index contributed by atoms with van der Waals surface area (Å²) >= 11 is 0. The zero-order valence-corrected chi connectivity index (χ0v) is 17.1. The second-order valence-electron chi connectivity index (χ2n) is 12.1. The predicted molar refractivity (Wildman–Crippen MR) is 101 cm³/mol. The number of ketones is 1. The van der Waals surface area contributed by atoms with Crippen LogP contribution in [0.1, 0.15) is 71.6 Å². The number of hydrogen-bond donors (Lipinski definition) is 1. The number of Topliss-reactive ketones (excluding diaryl/α,β-unsaturated/α-hetero) is 1. The second kappa shape index (κ2) is 4.55. The van der Waals surface area contributed by atoms with E-state index < -0.39 is 5.60 Å². The minimum Gasteiger partial charge on any atom is -0.458 e. The molecule has 11 atom stereocenters. The third-order valence-corrected chi connectivity index (χ3v) is 11.6. The summed E-state index contributed by atoms with van der Waals surface area (Å²) in [6.07, 6.45) is 8.04. The van der Waals surface area contributed by atoms with Gasteiger partial charge in [-0.05, 0) is 74.0 Å². The minimum atomic E-state index is -0.763. The molecule has 4 unspecified atom stereocenters. The Morgan fingerprint density at radius 1 is 0.929 bits per heavy atom. The molecule has 1 N–H and O–H groups in total. The van der Waals surface area contributed by atoms with Gasteiger partial charge in [-0.25, -0.2) is 0 Å². The van der Waals surface area contributed by atoms with E-state index in [1.165, 1.54) is 6.42 Å². The molecule has 0 amide bonds. The van der Waals surface area contributed by atoms with E-state index in [-0.39, 0.29) is 28.2 Å². The molecule has 0 aromatic carbocycles. The number of hydrogen-bond acceptors (Lipinski definition) is 4. The van der Waals surface area contributed by atoms with E-state index in [1.54, 1.807) is 0 Å². The number of carbonyl (C=O) groups excluding carboxylic acids is 2. The molecule has 4 heteroatoms. The van der Waals surface area contributed by atoms with Crippen molar-refractivity contribution in [2.75, 3.05) is 0 Å². The van der Waals surface area contributed by atoms with Gasteiger partial charge in [-0.1, -0.05) is 13.8 Å². The standard InChI is InChI=1S/C24H32O4/c1-21-6-3-12(25)11-23(21,27)16-9-13(16)19-15(21)4-7-22(2)20(19)14-10-17(14)24(22)8-5-18(26)28-24/h13-17,19-20,27H,3-11H2,1-2H3/t13-,14?,15?,16+,17-,19?,20?,21+,22-,23+,24-/m0/s1. The minimum absolute atomic E-state index is 0.0229. The highest BCUT2D eigenvalue weighted by Crippen LogP contribution is 2.83. The average molecular weight is 385 g/mol. The lowest BCUT2D eigenvalue weighted by Crippen LogP contribution is -2.65. The molecule has 4 nitrogen and oxygen atoms in total. The Kier molecular flexibility index (Phi) is 2.74. The van der Waals surface area contributed by atoms with Crippen LogP contribution in [0.3, 0.4) is 0 Å². The van der Waals surface area contributed by atoms with Crippen LogP contribution in [-0.4, -0.2) is 28.1 Å². The Hall–Kier alpha value is -0.900. The number of ether oxygens (including phenoxy) is 1. The molecule has 0 aromatic heterocycles. The van der Waals surface area contributed by atoms with Crippen molar-refractivity contribution in [2.45, 2.75) is 82.8 Å². The van der Waals surface area contributed by atoms with Gasteiger partial charge in [0.1, 0.15) is 11.4 Å². The first kappa shape index (κ1) is 16.8. The van der Waals surface area contributed by atoms with E-state index in [9.17, 15) is 14.7 Å². The molecular formula is C24H32O4. The maximum absolute atomic E-state index is 12.3. The highest BCUT2D eigenvalue weighted by Gasteiger charge is 2.83. The number of fused-ring (bicyclic) bond motifs is 12. The Morgan fingerprint density at radius 2 is 1.71 bits per heavy atom. The van der Waals surface area contributed by atoms with Crippen molar-refractivity contribution in [2.24, 2.45) is 52.3 Å². The van der Waals surface area contributed by atoms with Crippen molar-refractivity contribution in [3.8, 4) is 0 Å². The monoisotopic (exact) mass is 384 g/mol. The van der Waals surface area contributed by atoms with Gasteiger partial charge in [0, 0.05) is 36.0 Å². The zero-order valence-electron chi connectivity index (χ0n) is 17.1. The molecule has 7 rings (SSSR count). The van der Waals surface area contributed by atoms with E-state index in [0.717, 1.165) is 38.0 Å². The summed E-state index contributed by atoms with van der Waals surface area (Å²) in [5, 5.41) is 11.8. The van der Waals surface area contributed by atoms with E-state index in [2.05, 4.69) is 13.8 Å². The van der Waals surface area contributed by atoms with Crippen molar-refractivity contribution >= 4 is 11.8 Å². The highest BCUT2D eigenvalue weighted by molar-refractivity contribution is 5.81. The lowest BCUT2D eigenvalue weighted by atomic mass is 9.42. The highest BCUT2D eigenvalue weighted by atomic mass is 16.6. The second-order valence-corrected chi connectivity index (χ2v) is 12.1. The van der Waals surface area contributed by atoms with E-state index in [4.69, 9.17) is 4.74 Å².